The van der Waals surface area contributed by atoms with Crippen molar-refractivity contribution in [3.63, 3.8) is 0 Å². The molecule has 2 heterocycles. The van der Waals surface area contributed by atoms with E-state index in [1.807, 2.05) is 39.8 Å². The van der Waals surface area contributed by atoms with Crippen molar-refractivity contribution in [2.45, 2.75) is 32.0 Å². The van der Waals surface area contributed by atoms with Gasteiger partial charge in [-0.3, -0.25) is 10.1 Å². The summed E-state index contributed by atoms with van der Waals surface area (Å²) in [5, 5.41) is 19.4. The Balaban J connectivity index is 1.83. The second-order valence-electron chi connectivity index (χ2n) is 5.49. The van der Waals surface area contributed by atoms with E-state index < -0.39 is 0 Å². The molecule has 0 saturated heterocycles. The Kier molecular flexibility index (Phi) is 5.14. The molecule has 0 aliphatic heterocycles. The molecule has 1 aromatic carbocycles. The number of carbonyl (C=O) groups is 1. The molecule has 0 spiro atoms. The van der Waals surface area contributed by atoms with Crippen molar-refractivity contribution in [1.29, 1.82) is 0 Å². The minimum absolute atomic E-state index is 0.278. The molecule has 2 aromatic heterocycles. The van der Waals surface area contributed by atoms with Gasteiger partial charge >= 0.3 is 0 Å². The predicted molar refractivity (Wildman–Crippen MR) is 99.8 cm³/mol. The van der Waals surface area contributed by atoms with Crippen LogP contribution in [-0.4, -0.2) is 36.9 Å². The first-order valence-corrected chi connectivity index (χ1v) is 9.57. The second-order valence-corrected chi connectivity index (χ2v) is 7.97. The molecule has 3 rings (SSSR count). The third-order valence-corrected chi connectivity index (χ3v) is 5.44. The van der Waals surface area contributed by atoms with E-state index >= 15 is 0 Å². The summed E-state index contributed by atoms with van der Waals surface area (Å²) in [5.74, 6) is 0.573. The zero-order valence-electron chi connectivity index (χ0n) is 14.4. The van der Waals surface area contributed by atoms with Gasteiger partial charge in [-0.15, -0.1) is 15.3 Å². The fourth-order valence-corrected chi connectivity index (χ4v) is 4.05. The highest BCUT2D eigenvalue weighted by atomic mass is 32.2. The quantitative estimate of drug-likeness (QED) is 0.544. The molecule has 0 fully saturated rings. The van der Waals surface area contributed by atoms with Crippen molar-refractivity contribution in [1.82, 2.24) is 25.2 Å². The van der Waals surface area contributed by atoms with Gasteiger partial charge in [0.05, 0.1) is 11.4 Å². The van der Waals surface area contributed by atoms with Crippen molar-refractivity contribution in [2.24, 2.45) is 0 Å². The van der Waals surface area contributed by atoms with Crippen LogP contribution in [0.4, 0.5) is 5.13 Å². The average Bonchev–Trinajstić information content (AvgIpc) is 3.15. The SMILES string of the molecule is CCSc1nnc(NC(=O)c2nnn(-c3ccc(C)cc3C)c2C)s1. The molecule has 0 unspecified atom stereocenters. The van der Waals surface area contributed by atoms with Crippen molar-refractivity contribution >= 4 is 34.1 Å². The first-order valence-electron chi connectivity index (χ1n) is 7.77. The first kappa shape index (κ1) is 17.6. The summed E-state index contributed by atoms with van der Waals surface area (Å²) >= 11 is 2.94. The molecule has 1 N–H and O–H groups in total. The molecule has 25 heavy (non-hydrogen) atoms. The van der Waals surface area contributed by atoms with E-state index in [1.54, 1.807) is 16.4 Å². The molecule has 0 saturated carbocycles. The Morgan fingerprint density at radius 2 is 2.04 bits per heavy atom. The number of rotatable bonds is 5. The highest BCUT2D eigenvalue weighted by Gasteiger charge is 2.19. The lowest BCUT2D eigenvalue weighted by atomic mass is 10.1. The number of anilines is 1. The fraction of sp³-hybridized carbons (Fsp3) is 0.312. The number of benzene rings is 1. The van der Waals surface area contributed by atoms with Crippen LogP contribution in [0.3, 0.4) is 0 Å². The van der Waals surface area contributed by atoms with Gasteiger partial charge in [0.15, 0.2) is 10.0 Å². The summed E-state index contributed by atoms with van der Waals surface area (Å²) in [6, 6.07) is 6.06. The Labute approximate surface area is 153 Å². The van der Waals surface area contributed by atoms with Crippen molar-refractivity contribution in [3.05, 3.63) is 40.7 Å². The molecular formula is C16H18N6OS2. The number of thioether (sulfide) groups is 1. The van der Waals surface area contributed by atoms with Gasteiger partial charge in [0.2, 0.25) is 5.13 Å². The summed E-state index contributed by atoms with van der Waals surface area (Å²) in [6.45, 7) is 7.92. The third kappa shape index (κ3) is 3.72. The number of hydrogen-bond donors (Lipinski definition) is 1. The molecular weight excluding hydrogens is 356 g/mol. The van der Waals surface area contributed by atoms with Crippen LogP contribution in [-0.2, 0) is 0 Å². The van der Waals surface area contributed by atoms with Gasteiger partial charge in [-0.2, -0.15) is 0 Å². The summed E-state index contributed by atoms with van der Waals surface area (Å²) in [7, 11) is 0. The van der Waals surface area contributed by atoms with Crippen molar-refractivity contribution < 1.29 is 4.79 Å². The molecule has 1 amide bonds. The van der Waals surface area contributed by atoms with Crippen LogP contribution in [0.25, 0.3) is 5.69 Å². The van der Waals surface area contributed by atoms with Crippen LogP contribution in [0.1, 0.15) is 34.2 Å². The van der Waals surface area contributed by atoms with E-state index in [4.69, 9.17) is 0 Å². The molecule has 7 nitrogen and oxygen atoms in total. The van der Waals surface area contributed by atoms with Crippen LogP contribution in [0.5, 0.6) is 0 Å². The van der Waals surface area contributed by atoms with Gasteiger partial charge in [0.25, 0.3) is 5.91 Å². The number of carbonyl (C=O) groups excluding carboxylic acids is 1. The molecule has 0 aliphatic carbocycles. The Hall–Kier alpha value is -2.26. The van der Waals surface area contributed by atoms with Gasteiger partial charge in [-0.05, 0) is 38.2 Å². The maximum atomic E-state index is 12.5. The number of nitrogens with one attached hydrogen (secondary N) is 1. The Bertz CT molecular complexity index is 917. The zero-order valence-corrected chi connectivity index (χ0v) is 16.0. The minimum atomic E-state index is -0.335. The Morgan fingerprint density at radius 1 is 1.24 bits per heavy atom. The molecule has 0 aliphatic rings. The van der Waals surface area contributed by atoms with E-state index in [-0.39, 0.29) is 11.6 Å². The number of nitrogens with zero attached hydrogens (tertiary/aromatic N) is 5. The lowest BCUT2D eigenvalue weighted by Gasteiger charge is -2.08. The lowest BCUT2D eigenvalue weighted by Crippen LogP contribution is -2.14. The van der Waals surface area contributed by atoms with E-state index in [9.17, 15) is 4.79 Å². The molecule has 0 atom stereocenters. The number of aryl methyl sites for hydroxylation is 2. The third-order valence-electron chi connectivity index (χ3n) is 3.58. The fourth-order valence-electron chi connectivity index (χ4n) is 2.41. The van der Waals surface area contributed by atoms with Gasteiger partial charge in [0.1, 0.15) is 0 Å². The summed E-state index contributed by atoms with van der Waals surface area (Å²) in [6.07, 6.45) is 0. The first-order chi connectivity index (χ1) is 12.0. The standard InChI is InChI=1S/C16H18N6OS2/c1-5-24-16-20-19-15(25-16)17-14(23)13-11(4)22(21-18-13)12-7-6-9(2)8-10(12)3/h6-8H,5H2,1-4H3,(H,17,19,23). The van der Waals surface area contributed by atoms with Gasteiger partial charge in [0, 0.05) is 0 Å². The molecule has 3 aromatic rings. The maximum absolute atomic E-state index is 12.5. The largest absolute Gasteiger partial charge is 0.295 e. The van der Waals surface area contributed by atoms with Crippen LogP contribution in [0.15, 0.2) is 22.5 Å². The van der Waals surface area contributed by atoms with Gasteiger partial charge in [-0.1, -0.05) is 52.9 Å². The number of hydrogen-bond acceptors (Lipinski definition) is 7. The van der Waals surface area contributed by atoms with E-state index in [2.05, 4.69) is 31.9 Å². The molecule has 130 valence electrons. The summed E-state index contributed by atoms with van der Waals surface area (Å²) < 4.78 is 2.51. The highest BCUT2D eigenvalue weighted by molar-refractivity contribution is 8.01. The van der Waals surface area contributed by atoms with Crippen molar-refractivity contribution in [3.8, 4) is 5.69 Å². The van der Waals surface area contributed by atoms with Crippen LogP contribution < -0.4 is 5.32 Å². The van der Waals surface area contributed by atoms with Gasteiger partial charge < -0.3 is 0 Å². The molecule has 9 heteroatoms. The molecule has 0 radical (unpaired) electrons. The summed E-state index contributed by atoms with van der Waals surface area (Å²) in [4.78, 5) is 12.5. The normalized spacial score (nSPS) is 10.9. The highest BCUT2D eigenvalue weighted by Crippen LogP contribution is 2.25. The monoisotopic (exact) mass is 374 g/mol. The lowest BCUT2D eigenvalue weighted by molar-refractivity contribution is 0.102. The van der Waals surface area contributed by atoms with E-state index in [1.165, 1.54) is 16.9 Å². The van der Waals surface area contributed by atoms with Crippen LogP contribution >= 0.6 is 23.1 Å². The molecule has 0 bridgehead atoms. The predicted octanol–water partition coefficient (Wildman–Crippen LogP) is 3.41. The van der Waals surface area contributed by atoms with Gasteiger partial charge in [-0.25, -0.2) is 4.68 Å². The minimum Gasteiger partial charge on any atom is -0.295 e. The second kappa shape index (κ2) is 7.32. The average molecular weight is 374 g/mol. The van der Waals surface area contributed by atoms with E-state index in [0.29, 0.717) is 10.8 Å². The topological polar surface area (TPSA) is 85.6 Å². The van der Waals surface area contributed by atoms with Crippen LogP contribution in [0, 0.1) is 20.8 Å². The Morgan fingerprint density at radius 3 is 2.76 bits per heavy atom. The van der Waals surface area contributed by atoms with Crippen LogP contribution in [0.2, 0.25) is 0 Å². The smallest absolute Gasteiger partial charge is 0.279 e. The maximum Gasteiger partial charge on any atom is 0.279 e. The van der Waals surface area contributed by atoms with Crippen molar-refractivity contribution in [2.75, 3.05) is 11.1 Å². The number of amides is 1. The summed E-state index contributed by atoms with van der Waals surface area (Å²) in [5.41, 5.74) is 4.11. The van der Waals surface area contributed by atoms with E-state index in [0.717, 1.165) is 21.3 Å². The number of aromatic nitrogens is 5. The zero-order chi connectivity index (χ0) is 18.0.